The van der Waals surface area contributed by atoms with Crippen molar-refractivity contribution in [1.82, 2.24) is 4.98 Å². The molecule has 0 atom stereocenters. The third kappa shape index (κ3) is 2.81. The van der Waals surface area contributed by atoms with E-state index in [1.165, 1.54) is 24.3 Å². The monoisotopic (exact) mass is 330 g/mol. The van der Waals surface area contributed by atoms with Crippen LogP contribution in [0, 0.1) is 0 Å². The van der Waals surface area contributed by atoms with Crippen LogP contribution in [0.5, 0.6) is 5.75 Å². The molecule has 23 heavy (non-hydrogen) atoms. The molecule has 0 fully saturated rings. The zero-order chi connectivity index (χ0) is 16.6. The Morgan fingerprint density at radius 1 is 1.09 bits per heavy atom. The number of aliphatic imine (C=N–C) groups is 1. The summed E-state index contributed by atoms with van der Waals surface area (Å²) in [5.41, 5.74) is 5.14. The van der Waals surface area contributed by atoms with Gasteiger partial charge in [-0.05, 0) is 36.4 Å². The van der Waals surface area contributed by atoms with Crippen LogP contribution in [0.25, 0.3) is 0 Å². The smallest absolute Gasteiger partial charge is 0.282 e. The van der Waals surface area contributed by atoms with Crippen LogP contribution in [0.4, 0.5) is 11.5 Å². The molecule has 0 amide bonds. The van der Waals surface area contributed by atoms with Crippen molar-refractivity contribution in [3.63, 3.8) is 0 Å². The lowest BCUT2D eigenvalue weighted by atomic mass is 10.2. The lowest BCUT2D eigenvalue weighted by Crippen LogP contribution is -2.13. The maximum atomic E-state index is 12.3. The minimum Gasteiger partial charge on any atom is -0.506 e. The Morgan fingerprint density at radius 3 is 2.48 bits per heavy atom. The summed E-state index contributed by atoms with van der Waals surface area (Å²) in [4.78, 5) is 19.1. The van der Waals surface area contributed by atoms with E-state index in [2.05, 4.69) is 14.4 Å². The molecule has 0 unspecified atom stereocenters. The molecule has 2 heterocycles. The summed E-state index contributed by atoms with van der Waals surface area (Å²) in [5, 5.41) is 9.87. The molecule has 1 aromatic carbocycles. The number of hydrogen-bond acceptors (Lipinski definition) is 7. The fourth-order valence-corrected chi connectivity index (χ4v) is 2.86. The molecule has 3 rings (SSSR count). The van der Waals surface area contributed by atoms with Gasteiger partial charge in [0.05, 0.1) is 11.1 Å². The van der Waals surface area contributed by atoms with Crippen molar-refractivity contribution in [2.45, 2.75) is 4.90 Å². The Labute approximate surface area is 130 Å². The fourth-order valence-electron chi connectivity index (χ4n) is 1.88. The van der Waals surface area contributed by atoms with Gasteiger partial charge in [-0.1, -0.05) is 0 Å². The Hall–Kier alpha value is -3.07. The Bertz CT molecular complexity index is 1010. The Kier molecular flexibility index (Phi) is 3.41. The van der Waals surface area contributed by atoms with E-state index in [1.54, 1.807) is 0 Å². The average molecular weight is 330 g/mol. The molecule has 0 spiro atoms. The van der Waals surface area contributed by atoms with E-state index in [1.807, 2.05) is 0 Å². The molecule has 1 aromatic heterocycles. The maximum absolute atomic E-state index is 12.3. The van der Waals surface area contributed by atoms with Crippen LogP contribution in [0.3, 0.4) is 0 Å². The molecular formula is C14H10N4O4S. The SMILES string of the molecule is Nc1ccc(S(=O)(=O)N=C2C=Nc3nc2c(O)ccc3=O)cc1. The Balaban J connectivity index is 2.14. The summed E-state index contributed by atoms with van der Waals surface area (Å²) in [5.74, 6) is -0.519. The third-order valence-corrected chi connectivity index (χ3v) is 4.33. The number of aromatic hydroxyl groups is 1. The van der Waals surface area contributed by atoms with Crippen LogP contribution in [0.15, 0.2) is 55.5 Å². The van der Waals surface area contributed by atoms with Gasteiger partial charge in [0.2, 0.25) is 11.2 Å². The van der Waals surface area contributed by atoms with Crippen LogP contribution in [0.1, 0.15) is 5.69 Å². The van der Waals surface area contributed by atoms with Gasteiger partial charge in [0.15, 0.2) is 0 Å². The number of rotatable bonds is 2. The summed E-state index contributed by atoms with van der Waals surface area (Å²) in [7, 11) is -4.04. The number of nitrogens with zero attached hydrogens (tertiary/aromatic N) is 3. The van der Waals surface area contributed by atoms with Crippen molar-refractivity contribution in [2.75, 3.05) is 5.73 Å². The molecule has 8 nitrogen and oxygen atoms in total. The molecule has 1 aliphatic rings. The number of sulfonamides is 1. The van der Waals surface area contributed by atoms with E-state index < -0.39 is 15.5 Å². The Morgan fingerprint density at radius 2 is 1.78 bits per heavy atom. The van der Waals surface area contributed by atoms with Crippen LogP contribution < -0.4 is 11.2 Å². The highest BCUT2D eigenvalue weighted by atomic mass is 32.2. The normalized spacial score (nSPS) is 14.9. The van der Waals surface area contributed by atoms with Crippen molar-refractivity contribution in [2.24, 2.45) is 9.39 Å². The van der Waals surface area contributed by atoms with E-state index >= 15 is 0 Å². The van der Waals surface area contributed by atoms with Gasteiger partial charge < -0.3 is 10.8 Å². The van der Waals surface area contributed by atoms with E-state index in [0.29, 0.717) is 5.69 Å². The number of nitrogen functional groups attached to an aromatic ring is 1. The quantitative estimate of drug-likeness (QED) is 0.775. The first-order chi connectivity index (χ1) is 10.9. The van der Waals surface area contributed by atoms with Crippen molar-refractivity contribution in [1.29, 1.82) is 0 Å². The second-order valence-corrected chi connectivity index (χ2v) is 6.25. The minimum atomic E-state index is -4.04. The highest BCUT2D eigenvalue weighted by Crippen LogP contribution is 2.21. The summed E-state index contributed by atoms with van der Waals surface area (Å²) < 4.78 is 28.2. The maximum Gasteiger partial charge on any atom is 0.282 e. The van der Waals surface area contributed by atoms with Crippen LogP contribution >= 0.6 is 0 Å². The minimum absolute atomic E-state index is 0.0669. The first-order valence-electron chi connectivity index (χ1n) is 6.36. The van der Waals surface area contributed by atoms with Gasteiger partial charge in [0, 0.05) is 5.69 Å². The van der Waals surface area contributed by atoms with Crippen molar-refractivity contribution in [3.05, 3.63) is 52.3 Å². The summed E-state index contributed by atoms with van der Waals surface area (Å²) in [6, 6.07) is 7.70. The van der Waals surface area contributed by atoms with E-state index in [-0.39, 0.29) is 27.9 Å². The van der Waals surface area contributed by atoms with Gasteiger partial charge in [-0.25, -0.2) is 9.98 Å². The van der Waals surface area contributed by atoms with Crippen molar-refractivity contribution >= 4 is 33.5 Å². The lowest BCUT2D eigenvalue weighted by Gasteiger charge is -2.06. The number of fused-ring (bicyclic) bond motifs is 2. The standard InChI is InChI=1S/C14H10N4O4S/c15-8-1-3-9(4-2-8)23(21,22)18-10-7-16-14-12(20)6-5-11(19)13(10)17-14/h1-7,19H,15H2. The topological polar surface area (TPSA) is 135 Å². The second-order valence-electron chi connectivity index (χ2n) is 4.65. The summed E-state index contributed by atoms with van der Waals surface area (Å²) in [6.07, 6.45) is 1.08. The number of nitrogens with two attached hydrogens (primary N) is 1. The third-order valence-electron chi connectivity index (χ3n) is 3.02. The summed E-state index contributed by atoms with van der Waals surface area (Å²) >= 11 is 0. The molecule has 2 aromatic rings. The van der Waals surface area contributed by atoms with Gasteiger partial charge in [-0.3, -0.25) is 4.79 Å². The first-order valence-corrected chi connectivity index (χ1v) is 7.80. The number of hydrogen-bond donors (Lipinski definition) is 2. The highest BCUT2D eigenvalue weighted by molar-refractivity contribution is 7.90. The molecule has 0 radical (unpaired) electrons. The molecule has 116 valence electrons. The van der Waals surface area contributed by atoms with Gasteiger partial charge in [-0.15, -0.1) is 0 Å². The molecule has 0 saturated carbocycles. The number of aromatic nitrogens is 1. The zero-order valence-corrected chi connectivity index (χ0v) is 12.4. The van der Waals surface area contributed by atoms with Crippen molar-refractivity contribution < 1.29 is 13.5 Å². The van der Waals surface area contributed by atoms with Crippen LogP contribution in [-0.2, 0) is 10.0 Å². The van der Waals surface area contributed by atoms with Crippen molar-refractivity contribution in [3.8, 4) is 5.75 Å². The second kappa shape index (κ2) is 5.29. The van der Waals surface area contributed by atoms with Gasteiger partial charge in [0.25, 0.3) is 10.0 Å². The van der Waals surface area contributed by atoms with E-state index in [0.717, 1.165) is 18.3 Å². The predicted molar refractivity (Wildman–Crippen MR) is 84.9 cm³/mol. The molecule has 3 N–H and O–H groups in total. The average Bonchev–Trinajstić information content (AvgIpc) is 2.62. The van der Waals surface area contributed by atoms with Crippen LogP contribution in [-0.4, -0.2) is 30.4 Å². The molecule has 0 saturated heterocycles. The lowest BCUT2D eigenvalue weighted by molar-refractivity contribution is 0.472. The fraction of sp³-hybridized carbons (Fsp3) is 0. The molecule has 0 aliphatic carbocycles. The predicted octanol–water partition coefficient (Wildman–Crippen LogP) is 0.623. The molecule has 9 heteroatoms. The van der Waals surface area contributed by atoms with Gasteiger partial charge >= 0.3 is 0 Å². The van der Waals surface area contributed by atoms with Gasteiger partial charge in [0.1, 0.15) is 17.2 Å². The zero-order valence-electron chi connectivity index (χ0n) is 11.5. The van der Waals surface area contributed by atoms with Gasteiger partial charge in [-0.2, -0.15) is 12.8 Å². The molecular weight excluding hydrogens is 320 g/mol. The first kappa shape index (κ1) is 14.9. The van der Waals surface area contributed by atoms with E-state index in [4.69, 9.17) is 5.73 Å². The molecule has 2 bridgehead atoms. The number of anilines is 1. The molecule has 1 aliphatic heterocycles. The largest absolute Gasteiger partial charge is 0.506 e. The summed E-state index contributed by atoms with van der Waals surface area (Å²) in [6.45, 7) is 0. The highest BCUT2D eigenvalue weighted by Gasteiger charge is 2.20. The van der Waals surface area contributed by atoms with Crippen LogP contribution in [0.2, 0.25) is 0 Å². The number of benzene rings is 1. The van der Waals surface area contributed by atoms with E-state index in [9.17, 15) is 18.3 Å².